The zero-order valence-corrected chi connectivity index (χ0v) is 16.8. The van der Waals surface area contributed by atoms with E-state index in [2.05, 4.69) is 39.5 Å². The summed E-state index contributed by atoms with van der Waals surface area (Å²) in [6.07, 6.45) is 9.25. The predicted octanol–water partition coefficient (Wildman–Crippen LogP) is 4.16. The minimum Gasteiger partial charge on any atom is -0.512 e. The first-order valence-electron chi connectivity index (χ1n) is 10.8. The van der Waals surface area contributed by atoms with Crippen molar-refractivity contribution in [2.75, 3.05) is 23.3 Å². The average molecular weight is 392 g/mol. The summed E-state index contributed by atoms with van der Waals surface area (Å²) in [5.74, 6) is 1.55. The van der Waals surface area contributed by atoms with Crippen molar-refractivity contribution in [3.05, 3.63) is 47.5 Å². The maximum atomic E-state index is 10.6. The lowest BCUT2D eigenvalue weighted by Crippen LogP contribution is -2.26. The van der Waals surface area contributed by atoms with Crippen LogP contribution in [0.1, 0.15) is 49.8 Å². The maximum absolute atomic E-state index is 10.6. The van der Waals surface area contributed by atoms with Crippen molar-refractivity contribution in [3.63, 3.8) is 0 Å². The smallest absolute Gasteiger partial charge is 0.227 e. The van der Waals surface area contributed by atoms with Crippen molar-refractivity contribution in [2.24, 2.45) is 11.7 Å². The lowest BCUT2D eigenvalue weighted by atomic mass is 9.85. The largest absolute Gasteiger partial charge is 0.512 e. The number of hydrogen-bond donors (Lipinski definition) is 3. The molecule has 0 radical (unpaired) electrons. The monoisotopic (exact) mass is 391 g/mol. The van der Waals surface area contributed by atoms with Crippen molar-refractivity contribution in [1.82, 2.24) is 9.97 Å². The molecule has 1 saturated carbocycles. The number of anilines is 3. The number of aliphatic hydroxyl groups is 1. The highest BCUT2D eigenvalue weighted by molar-refractivity contribution is 5.72. The van der Waals surface area contributed by atoms with Crippen LogP contribution in [0.3, 0.4) is 0 Å². The molecule has 29 heavy (non-hydrogen) atoms. The number of aryl methyl sites for hydroxylation is 1. The van der Waals surface area contributed by atoms with Crippen LogP contribution in [-0.4, -0.2) is 34.2 Å². The Bertz CT molecular complexity index is 917. The third-order valence-electron chi connectivity index (χ3n) is 6.54. The van der Waals surface area contributed by atoms with Crippen molar-refractivity contribution < 1.29 is 5.11 Å². The quantitative estimate of drug-likeness (QED) is 0.725. The van der Waals surface area contributed by atoms with Gasteiger partial charge in [0.15, 0.2) is 0 Å². The molecule has 2 aliphatic carbocycles. The minimum atomic E-state index is 0.273. The molecule has 1 unspecified atom stereocenters. The van der Waals surface area contributed by atoms with Gasteiger partial charge >= 0.3 is 0 Å². The second-order valence-electron chi connectivity index (χ2n) is 8.58. The normalized spacial score (nSPS) is 22.2. The molecule has 1 aromatic carbocycles. The van der Waals surface area contributed by atoms with Crippen LogP contribution in [-0.2, 0) is 6.42 Å². The zero-order valence-electron chi connectivity index (χ0n) is 16.8. The fourth-order valence-electron chi connectivity index (χ4n) is 4.96. The van der Waals surface area contributed by atoms with Gasteiger partial charge in [-0.3, -0.25) is 0 Å². The highest BCUT2D eigenvalue weighted by Gasteiger charge is 2.29. The number of fused-ring (bicyclic) bond motifs is 1. The number of nitrogens with zero attached hydrogens (tertiary/aromatic N) is 3. The van der Waals surface area contributed by atoms with Gasteiger partial charge in [0.1, 0.15) is 0 Å². The molecular formula is C23H29N5O. The number of hydrogen-bond acceptors (Lipinski definition) is 6. The zero-order chi connectivity index (χ0) is 19.8. The standard InChI is InChI=1S/C23H29N5O/c24-17-11-12-28(14-17)19-8-6-18(7-9-19)26-23-25-13-16-5-10-20(29)21(22(16)27-23)15-3-1-2-4-15/h6-9,13,15,17,29H,1-5,10-12,14,24H2,(H,25,26,27). The van der Waals surface area contributed by atoms with E-state index in [9.17, 15) is 5.11 Å². The van der Waals surface area contributed by atoms with Crippen molar-refractivity contribution >= 4 is 22.9 Å². The van der Waals surface area contributed by atoms with E-state index in [1.807, 2.05) is 6.20 Å². The van der Waals surface area contributed by atoms with Gasteiger partial charge in [-0.05, 0) is 61.4 Å². The number of aliphatic hydroxyl groups excluding tert-OH is 1. The van der Waals surface area contributed by atoms with Gasteiger partial charge in [-0.1, -0.05) is 12.8 Å². The average Bonchev–Trinajstić information content (AvgIpc) is 3.40. The van der Waals surface area contributed by atoms with Crippen molar-refractivity contribution in [1.29, 1.82) is 0 Å². The van der Waals surface area contributed by atoms with Gasteiger partial charge < -0.3 is 21.1 Å². The molecular weight excluding hydrogens is 362 g/mol. The third kappa shape index (κ3) is 3.69. The summed E-state index contributed by atoms with van der Waals surface area (Å²) in [5.41, 5.74) is 11.3. The predicted molar refractivity (Wildman–Crippen MR) is 116 cm³/mol. The number of aromatic nitrogens is 2. The third-order valence-corrected chi connectivity index (χ3v) is 6.54. The van der Waals surface area contributed by atoms with E-state index in [1.165, 1.54) is 18.5 Å². The molecule has 6 nitrogen and oxygen atoms in total. The van der Waals surface area contributed by atoms with Crippen LogP contribution in [0, 0.1) is 5.92 Å². The molecule has 1 atom stereocenters. The Morgan fingerprint density at radius 3 is 2.59 bits per heavy atom. The molecule has 3 aliphatic rings. The van der Waals surface area contributed by atoms with Crippen LogP contribution in [0.2, 0.25) is 0 Å². The number of benzene rings is 1. The Labute approximate surface area is 171 Å². The van der Waals surface area contributed by atoms with Gasteiger partial charge in [0.2, 0.25) is 5.95 Å². The van der Waals surface area contributed by atoms with Crippen LogP contribution in [0.4, 0.5) is 17.3 Å². The first kappa shape index (κ1) is 18.4. The lowest BCUT2D eigenvalue weighted by molar-refractivity contribution is 0.381. The molecule has 4 N–H and O–H groups in total. The van der Waals surface area contributed by atoms with E-state index in [-0.39, 0.29) is 6.04 Å². The molecule has 2 heterocycles. The Kier molecular flexibility index (Phi) is 4.87. The van der Waals surface area contributed by atoms with Gasteiger partial charge in [-0.25, -0.2) is 9.97 Å². The maximum Gasteiger partial charge on any atom is 0.227 e. The number of rotatable bonds is 4. The molecule has 1 aliphatic heterocycles. The van der Waals surface area contributed by atoms with Crippen LogP contribution < -0.4 is 16.0 Å². The van der Waals surface area contributed by atoms with Gasteiger partial charge in [0, 0.05) is 48.7 Å². The summed E-state index contributed by atoms with van der Waals surface area (Å²) in [5, 5.41) is 13.9. The van der Waals surface area contributed by atoms with E-state index in [0.717, 1.165) is 61.3 Å². The van der Waals surface area contributed by atoms with Crippen molar-refractivity contribution in [2.45, 2.75) is 51.0 Å². The summed E-state index contributed by atoms with van der Waals surface area (Å²) in [4.78, 5) is 11.7. The van der Waals surface area contributed by atoms with Gasteiger partial charge in [0.05, 0.1) is 11.5 Å². The first-order chi connectivity index (χ1) is 14.2. The SMILES string of the molecule is NC1CCN(c2ccc(Nc3ncc4c(n3)C(C3CCCC3)=C(O)CC4)cc2)C1. The molecule has 0 bridgehead atoms. The molecule has 6 heteroatoms. The topological polar surface area (TPSA) is 87.3 Å². The van der Waals surface area contributed by atoms with Crippen LogP contribution in [0.5, 0.6) is 0 Å². The van der Waals surface area contributed by atoms with Crippen LogP contribution in [0.25, 0.3) is 5.57 Å². The lowest BCUT2D eigenvalue weighted by Gasteiger charge is -2.24. The Morgan fingerprint density at radius 1 is 1.07 bits per heavy atom. The molecule has 2 fully saturated rings. The summed E-state index contributed by atoms with van der Waals surface area (Å²) in [6.45, 7) is 1.93. The Balaban J connectivity index is 1.36. The molecule has 0 amide bonds. The summed E-state index contributed by atoms with van der Waals surface area (Å²) in [6, 6.07) is 8.64. The van der Waals surface area contributed by atoms with Crippen LogP contribution in [0.15, 0.2) is 36.2 Å². The van der Waals surface area contributed by atoms with E-state index in [1.54, 1.807) is 0 Å². The van der Waals surface area contributed by atoms with E-state index in [0.29, 0.717) is 24.0 Å². The second-order valence-corrected chi connectivity index (χ2v) is 8.58. The van der Waals surface area contributed by atoms with Gasteiger partial charge in [0.25, 0.3) is 0 Å². The Hall–Kier alpha value is -2.60. The van der Waals surface area contributed by atoms with Crippen molar-refractivity contribution in [3.8, 4) is 0 Å². The molecule has 5 rings (SSSR count). The molecule has 2 aromatic rings. The van der Waals surface area contributed by atoms with E-state index >= 15 is 0 Å². The number of allylic oxidation sites excluding steroid dienone is 2. The van der Waals surface area contributed by atoms with Gasteiger partial charge in [-0.2, -0.15) is 0 Å². The fourth-order valence-corrected chi connectivity index (χ4v) is 4.96. The molecule has 0 spiro atoms. The molecule has 1 saturated heterocycles. The molecule has 1 aromatic heterocycles. The second kappa shape index (κ2) is 7.67. The number of nitrogens with two attached hydrogens (primary N) is 1. The Morgan fingerprint density at radius 2 is 1.86 bits per heavy atom. The van der Waals surface area contributed by atoms with Gasteiger partial charge in [-0.15, -0.1) is 0 Å². The first-order valence-corrected chi connectivity index (χ1v) is 10.8. The summed E-state index contributed by atoms with van der Waals surface area (Å²) < 4.78 is 0. The number of nitrogens with one attached hydrogen (secondary N) is 1. The molecule has 152 valence electrons. The van der Waals surface area contributed by atoms with E-state index < -0.39 is 0 Å². The minimum absolute atomic E-state index is 0.273. The highest BCUT2D eigenvalue weighted by atomic mass is 16.3. The fraction of sp³-hybridized carbons (Fsp3) is 0.478. The summed E-state index contributed by atoms with van der Waals surface area (Å²) >= 11 is 0. The summed E-state index contributed by atoms with van der Waals surface area (Å²) in [7, 11) is 0. The van der Waals surface area contributed by atoms with Crippen LogP contribution >= 0.6 is 0 Å². The highest BCUT2D eigenvalue weighted by Crippen LogP contribution is 2.42. The van der Waals surface area contributed by atoms with E-state index in [4.69, 9.17) is 10.7 Å².